The highest BCUT2D eigenvalue weighted by Gasteiger charge is 2.22. The van der Waals surface area contributed by atoms with Crippen molar-refractivity contribution < 1.29 is 0 Å². The summed E-state index contributed by atoms with van der Waals surface area (Å²) in [4.78, 5) is 2.42. The SMILES string of the molecule is c1ccc(-c2cc(-c3cccc4ccccc34)ccc2N(c2ccccc2)c2ccc3c4ccccc4n(-c4ccccc4-c4cccc5ccccc45)c3c2)cc1. The molecule has 1 aromatic heterocycles. The van der Waals surface area contributed by atoms with Crippen LogP contribution in [0.2, 0.25) is 0 Å². The molecule has 0 radical (unpaired) electrons. The zero-order chi connectivity index (χ0) is 38.4. The predicted octanol–water partition coefficient (Wildman–Crippen LogP) is 15.6. The lowest BCUT2D eigenvalue weighted by molar-refractivity contribution is 1.18. The minimum Gasteiger partial charge on any atom is -0.310 e. The van der Waals surface area contributed by atoms with E-state index in [0.29, 0.717) is 0 Å². The Bertz CT molecular complexity index is 3280. The monoisotopic (exact) mass is 738 g/mol. The lowest BCUT2D eigenvalue weighted by atomic mass is 9.93. The molecule has 2 heteroatoms. The Morgan fingerprint density at radius 1 is 0.293 bits per heavy atom. The second kappa shape index (κ2) is 14.1. The van der Waals surface area contributed by atoms with Gasteiger partial charge in [0.25, 0.3) is 0 Å². The molecule has 1 heterocycles. The van der Waals surface area contributed by atoms with Crippen molar-refractivity contribution in [3.63, 3.8) is 0 Å². The van der Waals surface area contributed by atoms with E-state index in [9.17, 15) is 0 Å². The molecule has 0 atom stereocenters. The predicted molar refractivity (Wildman–Crippen MR) is 247 cm³/mol. The van der Waals surface area contributed by atoms with Gasteiger partial charge in [0.1, 0.15) is 0 Å². The van der Waals surface area contributed by atoms with Gasteiger partial charge in [-0.3, -0.25) is 0 Å². The van der Waals surface area contributed by atoms with Crippen LogP contribution in [0.5, 0.6) is 0 Å². The van der Waals surface area contributed by atoms with Gasteiger partial charge in [-0.25, -0.2) is 0 Å². The maximum Gasteiger partial charge on any atom is 0.0562 e. The van der Waals surface area contributed by atoms with Gasteiger partial charge in [-0.1, -0.05) is 182 Å². The molecule has 58 heavy (non-hydrogen) atoms. The molecular weight excluding hydrogens is 701 g/mol. The molecule has 0 aliphatic carbocycles. The van der Waals surface area contributed by atoms with Crippen LogP contribution < -0.4 is 4.90 Å². The first-order valence-corrected chi connectivity index (χ1v) is 19.9. The minimum absolute atomic E-state index is 1.08. The summed E-state index contributed by atoms with van der Waals surface area (Å²) in [6.45, 7) is 0. The first kappa shape index (κ1) is 33.6. The van der Waals surface area contributed by atoms with Crippen LogP contribution >= 0.6 is 0 Å². The van der Waals surface area contributed by atoms with Crippen molar-refractivity contribution in [2.45, 2.75) is 0 Å². The van der Waals surface area contributed by atoms with Crippen LogP contribution in [0.25, 0.3) is 82.4 Å². The second-order valence-electron chi connectivity index (χ2n) is 14.9. The lowest BCUT2D eigenvalue weighted by Gasteiger charge is -2.28. The van der Waals surface area contributed by atoms with E-state index >= 15 is 0 Å². The molecule has 272 valence electrons. The Hall–Kier alpha value is -7.68. The van der Waals surface area contributed by atoms with E-state index in [1.165, 1.54) is 65.7 Å². The lowest BCUT2D eigenvalue weighted by Crippen LogP contribution is -2.11. The van der Waals surface area contributed by atoms with E-state index in [0.717, 1.165) is 33.8 Å². The summed E-state index contributed by atoms with van der Waals surface area (Å²) in [5, 5.41) is 7.41. The first-order valence-electron chi connectivity index (χ1n) is 19.9. The highest BCUT2D eigenvalue weighted by atomic mass is 15.1. The minimum atomic E-state index is 1.08. The molecule has 10 aromatic carbocycles. The van der Waals surface area contributed by atoms with Crippen molar-refractivity contribution in [1.29, 1.82) is 0 Å². The molecule has 0 saturated heterocycles. The summed E-state index contributed by atoms with van der Waals surface area (Å²) in [5.41, 5.74) is 13.9. The van der Waals surface area contributed by atoms with Crippen LogP contribution in [0.15, 0.2) is 231 Å². The zero-order valence-electron chi connectivity index (χ0n) is 31.8. The highest BCUT2D eigenvalue weighted by molar-refractivity contribution is 6.12. The zero-order valence-corrected chi connectivity index (χ0v) is 31.8. The van der Waals surface area contributed by atoms with E-state index < -0.39 is 0 Å². The topological polar surface area (TPSA) is 8.17 Å². The molecule has 0 bridgehead atoms. The number of anilines is 3. The van der Waals surface area contributed by atoms with Crippen molar-refractivity contribution >= 4 is 60.4 Å². The van der Waals surface area contributed by atoms with Crippen LogP contribution in [0.1, 0.15) is 0 Å². The number of hydrogen-bond donors (Lipinski definition) is 0. The van der Waals surface area contributed by atoms with Crippen molar-refractivity contribution in [1.82, 2.24) is 4.57 Å². The highest BCUT2D eigenvalue weighted by Crippen LogP contribution is 2.46. The molecule has 0 aliphatic heterocycles. The Morgan fingerprint density at radius 2 is 0.862 bits per heavy atom. The van der Waals surface area contributed by atoms with Gasteiger partial charge >= 0.3 is 0 Å². The van der Waals surface area contributed by atoms with Crippen molar-refractivity contribution in [3.8, 4) is 39.1 Å². The molecule has 0 spiro atoms. The molecule has 0 fully saturated rings. The third-order valence-electron chi connectivity index (χ3n) is 11.6. The van der Waals surface area contributed by atoms with Crippen molar-refractivity contribution in [3.05, 3.63) is 231 Å². The van der Waals surface area contributed by atoms with Crippen molar-refractivity contribution in [2.75, 3.05) is 4.90 Å². The molecule has 0 N–H and O–H groups in total. The van der Waals surface area contributed by atoms with E-state index in [4.69, 9.17) is 0 Å². The van der Waals surface area contributed by atoms with E-state index in [2.05, 4.69) is 240 Å². The third kappa shape index (κ3) is 5.66. The van der Waals surface area contributed by atoms with Gasteiger partial charge in [-0.05, 0) is 92.3 Å². The summed E-state index contributed by atoms with van der Waals surface area (Å²) < 4.78 is 2.47. The molecule has 11 aromatic rings. The van der Waals surface area contributed by atoms with Gasteiger partial charge in [-0.15, -0.1) is 0 Å². The van der Waals surface area contributed by atoms with E-state index in [-0.39, 0.29) is 0 Å². The first-order chi connectivity index (χ1) is 28.8. The number of fused-ring (bicyclic) bond motifs is 5. The van der Waals surface area contributed by atoms with Crippen LogP contribution in [0.3, 0.4) is 0 Å². The van der Waals surface area contributed by atoms with Gasteiger partial charge in [0.15, 0.2) is 0 Å². The van der Waals surface area contributed by atoms with Gasteiger partial charge in [0, 0.05) is 33.3 Å². The molecular formula is C56H38N2. The Kier molecular flexibility index (Phi) is 8.19. The third-order valence-corrected chi connectivity index (χ3v) is 11.6. The molecule has 0 aliphatic rings. The number of para-hydroxylation sites is 3. The Morgan fingerprint density at radius 3 is 1.64 bits per heavy atom. The van der Waals surface area contributed by atoms with Crippen LogP contribution in [-0.4, -0.2) is 4.57 Å². The second-order valence-corrected chi connectivity index (χ2v) is 14.9. The fourth-order valence-electron chi connectivity index (χ4n) is 8.94. The summed E-state index contributed by atoms with van der Waals surface area (Å²) in [6, 6.07) is 83.8. The van der Waals surface area contributed by atoms with Crippen LogP contribution in [0.4, 0.5) is 17.1 Å². The summed E-state index contributed by atoms with van der Waals surface area (Å²) >= 11 is 0. The average molecular weight is 739 g/mol. The van der Waals surface area contributed by atoms with Gasteiger partial charge < -0.3 is 9.47 Å². The molecule has 2 nitrogen and oxygen atoms in total. The van der Waals surface area contributed by atoms with Crippen LogP contribution in [-0.2, 0) is 0 Å². The average Bonchev–Trinajstić information content (AvgIpc) is 3.63. The Balaban J connectivity index is 1.16. The number of benzene rings is 10. The van der Waals surface area contributed by atoms with Gasteiger partial charge in [0.2, 0.25) is 0 Å². The maximum atomic E-state index is 2.47. The maximum absolute atomic E-state index is 2.47. The number of aromatic nitrogens is 1. The smallest absolute Gasteiger partial charge is 0.0562 e. The van der Waals surface area contributed by atoms with Gasteiger partial charge in [-0.2, -0.15) is 0 Å². The summed E-state index contributed by atoms with van der Waals surface area (Å²) in [7, 11) is 0. The number of rotatable bonds is 7. The summed E-state index contributed by atoms with van der Waals surface area (Å²) in [6.07, 6.45) is 0. The Labute approximate surface area is 338 Å². The number of hydrogen-bond acceptors (Lipinski definition) is 1. The van der Waals surface area contributed by atoms with Gasteiger partial charge in [0.05, 0.1) is 22.4 Å². The van der Waals surface area contributed by atoms with E-state index in [1.807, 2.05) is 0 Å². The normalized spacial score (nSPS) is 11.4. The fourth-order valence-corrected chi connectivity index (χ4v) is 8.94. The van der Waals surface area contributed by atoms with E-state index in [1.54, 1.807) is 0 Å². The molecule has 11 rings (SSSR count). The standard InChI is InChI=1S/C56H38N2/c1-3-17-41(18-4-1)52-37-42(47-29-15-21-39-19-7-9-25-45(39)47)33-36-55(52)57(43-23-5-2-6-24-43)44-34-35-51-50-28-12-14-32-54(50)58(56(51)38-44)53-31-13-11-27-49(53)48-30-16-22-40-20-8-10-26-46(40)48/h1-38H. The number of nitrogens with zero attached hydrogens (tertiary/aromatic N) is 2. The quantitative estimate of drug-likeness (QED) is 0.158. The fraction of sp³-hybridized carbons (Fsp3) is 0. The largest absolute Gasteiger partial charge is 0.310 e. The molecule has 0 saturated carbocycles. The molecule has 0 amide bonds. The van der Waals surface area contributed by atoms with Crippen LogP contribution in [0, 0.1) is 0 Å². The molecule has 0 unspecified atom stereocenters. The summed E-state index contributed by atoms with van der Waals surface area (Å²) in [5.74, 6) is 0. The van der Waals surface area contributed by atoms with Crippen molar-refractivity contribution in [2.24, 2.45) is 0 Å².